The van der Waals surface area contributed by atoms with Gasteiger partial charge in [-0.05, 0) is 36.4 Å². The third kappa shape index (κ3) is 5.11. The van der Waals surface area contributed by atoms with E-state index in [4.69, 9.17) is 4.98 Å². The molecule has 7 heteroatoms. The van der Waals surface area contributed by atoms with Crippen molar-refractivity contribution in [2.45, 2.75) is 32.1 Å². The summed E-state index contributed by atoms with van der Waals surface area (Å²) in [5.74, 6) is 0.263. The molecular formula is C25H25N3O2S2. The van der Waals surface area contributed by atoms with Gasteiger partial charge in [0.25, 0.3) is 5.56 Å². The van der Waals surface area contributed by atoms with Gasteiger partial charge in [0.05, 0.1) is 17.8 Å². The predicted octanol–water partition coefficient (Wildman–Crippen LogP) is 4.96. The van der Waals surface area contributed by atoms with Gasteiger partial charge < -0.3 is 4.90 Å². The van der Waals surface area contributed by atoms with E-state index in [1.807, 2.05) is 84.8 Å². The van der Waals surface area contributed by atoms with Crippen LogP contribution in [0.15, 0.2) is 76.0 Å². The molecule has 0 saturated carbocycles. The van der Waals surface area contributed by atoms with E-state index in [1.165, 1.54) is 28.7 Å². The Morgan fingerprint density at radius 2 is 1.81 bits per heavy atom. The van der Waals surface area contributed by atoms with Crippen molar-refractivity contribution < 1.29 is 4.79 Å². The molecule has 0 aliphatic heterocycles. The van der Waals surface area contributed by atoms with Crippen LogP contribution in [-0.4, -0.2) is 32.7 Å². The summed E-state index contributed by atoms with van der Waals surface area (Å²) < 4.78 is 2.33. The summed E-state index contributed by atoms with van der Waals surface area (Å²) in [7, 11) is 0. The van der Waals surface area contributed by atoms with Crippen molar-refractivity contribution >= 4 is 39.2 Å². The zero-order valence-corrected chi connectivity index (χ0v) is 19.8. The second-order valence-electron chi connectivity index (χ2n) is 7.59. The molecule has 2 heterocycles. The Bertz CT molecular complexity index is 1260. The third-order valence-corrected chi connectivity index (χ3v) is 7.12. The number of benzene rings is 2. The van der Waals surface area contributed by atoms with Crippen molar-refractivity contribution in [2.75, 3.05) is 12.3 Å². The van der Waals surface area contributed by atoms with E-state index < -0.39 is 0 Å². The van der Waals surface area contributed by atoms with Crippen molar-refractivity contribution in [2.24, 2.45) is 0 Å². The highest BCUT2D eigenvalue weighted by Crippen LogP contribution is 2.22. The number of carbonyl (C=O) groups excluding carboxylic acids is 1. The minimum atomic E-state index is -0.0582. The molecule has 0 atom stereocenters. The van der Waals surface area contributed by atoms with Crippen LogP contribution in [0.5, 0.6) is 0 Å². The number of hydrogen-bond donors (Lipinski definition) is 0. The van der Waals surface area contributed by atoms with Crippen LogP contribution in [0.3, 0.4) is 0 Å². The first-order chi connectivity index (χ1) is 15.5. The lowest BCUT2D eigenvalue weighted by Crippen LogP contribution is -2.32. The van der Waals surface area contributed by atoms with Gasteiger partial charge in [-0.3, -0.25) is 14.2 Å². The quantitative estimate of drug-likeness (QED) is 0.274. The van der Waals surface area contributed by atoms with Crippen molar-refractivity contribution in [1.82, 2.24) is 14.5 Å². The molecule has 32 heavy (non-hydrogen) atoms. The number of thioether (sulfide) groups is 1. The number of fused-ring (bicyclic) bond motifs is 1. The van der Waals surface area contributed by atoms with E-state index >= 15 is 0 Å². The number of hydrogen-bond acceptors (Lipinski definition) is 5. The number of carbonyl (C=O) groups is 1. The fourth-order valence-corrected chi connectivity index (χ4v) is 5.13. The molecule has 0 fully saturated rings. The molecule has 164 valence electrons. The van der Waals surface area contributed by atoms with Crippen LogP contribution >= 0.6 is 23.1 Å². The monoisotopic (exact) mass is 463 g/mol. The van der Waals surface area contributed by atoms with Gasteiger partial charge in [-0.25, -0.2) is 4.98 Å². The van der Waals surface area contributed by atoms with Gasteiger partial charge in [0.1, 0.15) is 4.70 Å². The fourth-order valence-electron chi connectivity index (χ4n) is 3.45. The molecule has 2 aromatic carbocycles. The highest BCUT2D eigenvalue weighted by Gasteiger charge is 2.17. The molecule has 0 spiro atoms. The Balaban J connectivity index is 1.56. The van der Waals surface area contributed by atoms with Crippen LogP contribution in [0.1, 0.15) is 23.6 Å². The van der Waals surface area contributed by atoms with Gasteiger partial charge in [-0.2, -0.15) is 0 Å². The topological polar surface area (TPSA) is 55.2 Å². The van der Waals surface area contributed by atoms with Gasteiger partial charge in [0.15, 0.2) is 5.16 Å². The van der Waals surface area contributed by atoms with E-state index in [9.17, 15) is 9.59 Å². The maximum absolute atomic E-state index is 13.2. The number of aromatic nitrogens is 2. The number of rotatable bonds is 8. The molecule has 5 nitrogen and oxygen atoms in total. The number of nitrogens with zero attached hydrogens (tertiary/aromatic N) is 3. The Kier molecular flexibility index (Phi) is 7.07. The van der Waals surface area contributed by atoms with Crippen LogP contribution < -0.4 is 5.56 Å². The van der Waals surface area contributed by atoms with Crippen LogP contribution in [0.25, 0.3) is 10.2 Å². The summed E-state index contributed by atoms with van der Waals surface area (Å²) in [6.45, 7) is 5.65. The van der Waals surface area contributed by atoms with Gasteiger partial charge in [0.2, 0.25) is 5.91 Å². The minimum absolute atomic E-state index is 0.0305. The third-order valence-electron chi connectivity index (χ3n) is 5.27. The molecule has 4 aromatic rings. The highest BCUT2D eigenvalue weighted by molar-refractivity contribution is 7.99. The van der Waals surface area contributed by atoms with Gasteiger partial charge >= 0.3 is 0 Å². The van der Waals surface area contributed by atoms with E-state index in [1.54, 1.807) is 4.57 Å². The normalized spacial score (nSPS) is 11.1. The van der Waals surface area contributed by atoms with Crippen molar-refractivity contribution in [3.8, 4) is 0 Å². The molecule has 1 amide bonds. The lowest BCUT2D eigenvalue weighted by atomic mass is 10.1. The molecule has 0 radical (unpaired) electrons. The molecule has 0 bridgehead atoms. The summed E-state index contributed by atoms with van der Waals surface area (Å²) in [5.41, 5.74) is 3.93. The molecule has 0 unspecified atom stereocenters. The van der Waals surface area contributed by atoms with Crippen molar-refractivity contribution in [3.63, 3.8) is 0 Å². The summed E-state index contributed by atoms with van der Waals surface area (Å²) in [6, 6.07) is 20.0. The molecule has 2 aromatic heterocycles. The SMILES string of the molecule is CCN(Cc1ccccc1)C(=O)CSc1nc2ccsc2c(=O)n1Cc1ccc(C)cc1. The standard InChI is InChI=1S/C25H25N3O2S2/c1-3-27(15-19-7-5-4-6-8-19)22(29)17-32-25-26-21-13-14-31-23(21)24(30)28(25)16-20-11-9-18(2)10-12-20/h4-14H,3,15-17H2,1-2H3. The van der Waals surface area contributed by atoms with Crippen molar-refractivity contribution in [3.05, 3.63) is 93.1 Å². The molecular weight excluding hydrogens is 438 g/mol. The molecule has 0 aliphatic carbocycles. The minimum Gasteiger partial charge on any atom is -0.338 e. The Labute approximate surface area is 195 Å². The van der Waals surface area contributed by atoms with E-state index in [0.29, 0.717) is 35.0 Å². The molecule has 0 N–H and O–H groups in total. The van der Waals surface area contributed by atoms with Crippen LogP contribution in [0.2, 0.25) is 0 Å². The second-order valence-corrected chi connectivity index (χ2v) is 9.45. The average molecular weight is 464 g/mol. The number of aryl methyl sites for hydroxylation is 1. The van der Waals surface area contributed by atoms with E-state index in [-0.39, 0.29) is 17.2 Å². The maximum atomic E-state index is 13.2. The Morgan fingerprint density at radius 1 is 1.06 bits per heavy atom. The predicted molar refractivity (Wildman–Crippen MR) is 132 cm³/mol. The summed E-state index contributed by atoms with van der Waals surface area (Å²) in [6.07, 6.45) is 0. The van der Waals surface area contributed by atoms with Gasteiger partial charge in [0, 0.05) is 13.1 Å². The van der Waals surface area contributed by atoms with Crippen LogP contribution in [0, 0.1) is 6.92 Å². The van der Waals surface area contributed by atoms with E-state index in [0.717, 1.165) is 11.1 Å². The first-order valence-corrected chi connectivity index (χ1v) is 12.4. The number of thiophene rings is 1. The molecule has 4 rings (SSSR count). The fraction of sp³-hybridized carbons (Fsp3) is 0.240. The largest absolute Gasteiger partial charge is 0.338 e. The van der Waals surface area contributed by atoms with Crippen molar-refractivity contribution in [1.29, 1.82) is 0 Å². The summed E-state index contributed by atoms with van der Waals surface area (Å²) in [4.78, 5) is 32.7. The summed E-state index contributed by atoms with van der Waals surface area (Å²) >= 11 is 2.73. The zero-order valence-electron chi connectivity index (χ0n) is 18.2. The lowest BCUT2D eigenvalue weighted by molar-refractivity contribution is -0.128. The molecule has 0 aliphatic rings. The zero-order chi connectivity index (χ0) is 22.5. The second kappa shape index (κ2) is 10.1. The maximum Gasteiger partial charge on any atom is 0.272 e. The number of amides is 1. The molecule has 0 saturated heterocycles. The Hall–Kier alpha value is -2.90. The lowest BCUT2D eigenvalue weighted by Gasteiger charge is -2.21. The first-order valence-electron chi connectivity index (χ1n) is 10.5. The van der Waals surface area contributed by atoms with E-state index in [2.05, 4.69) is 0 Å². The first kappa shape index (κ1) is 22.3. The Morgan fingerprint density at radius 3 is 2.53 bits per heavy atom. The average Bonchev–Trinajstić information content (AvgIpc) is 3.29. The van der Waals surface area contributed by atoms with Gasteiger partial charge in [-0.15, -0.1) is 11.3 Å². The van der Waals surface area contributed by atoms with Crippen LogP contribution in [-0.2, 0) is 17.9 Å². The van der Waals surface area contributed by atoms with Crippen LogP contribution in [0.4, 0.5) is 0 Å². The van der Waals surface area contributed by atoms with Gasteiger partial charge in [-0.1, -0.05) is 71.9 Å². The smallest absolute Gasteiger partial charge is 0.272 e. The highest BCUT2D eigenvalue weighted by atomic mass is 32.2. The summed E-state index contributed by atoms with van der Waals surface area (Å²) in [5, 5.41) is 2.46.